The van der Waals surface area contributed by atoms with Crippen molar-refractivity contribution < 1.29 is 9.18 Å². The van der Waals surface area contributed by atoms with E-state index >= 15 is 0 Å². The second-order valence-electron chi connectivity index (χ2n) is 5.09. The molecule has 1 unspecified atom stereocenters. The Labute approximate surface area is 126 Å². The third kappa shape index (κ3) is 2.52. The molecule has 0 saturated heterocycles. The quantitative estimate of drug-likeness (QED) is 0.798. The first kappa shape index (κ1) is 13.8. The van der Waals surface area contributed by atoms with Gasteiger partial charge < -0.3 is 0 Å². The summed E-state index contributed by atoms with van der Waals surface area (Å²) in [6.07, 6.45) is 3.01. The molecule has 2 aromatic rings. The molecule has 0 saturated carbocycles. The van der Waals surface area contributed by atoms with Crippen molar-refractivity contribution in [3.63, 3.8) is 0 Å². The summed E-state index contributed by atoms with van der Waals surface area (Å²) in [5.74, 6) is -0.427. The van der Waals surface area contributed by atoms with Crippen LogP contribution in [-0.4, -0.2) is 5.78 Å². The van der Waals surface area contributed by atoms with Crippen molar-refractivity contribution in [2.24, 2.45) is 0 Å². The van der Waals surface area contributed by atoms with Gasteiger partial charge in [-0.2, -0.15) is 0 Å². The summed E-state index contributed by atoms with van der Waals surface area (Å²) in [4.78, 5) is 13.8. The molecule has 4 heteroatoms. The van der Waals surface area contributed by atoms with Gasteiger partial charge in [-0.15, -0.1) is 11.3 Å². The third-order valence-corrected chi connectivity index (χ3v) is 5.20. The number of Topliss-reactive ketones (excluding diaryl/α,β-unsaturated/α-hetero) is 1. The number of carbonyl (C=O) groups is 1. The van der Waals surface area contributed by atoms with Crippen LogP contribution in [0.2, 0.25) is 5.02 Å². The number of aryl methyl sites for hydroxylation is 1. The normalized spacial score (nSPS) is 17.8. The van der Waals surface area contributed by atoms with E-state index in [1.165, 1.54) is 10.9 Å². The van der Waals surface area contributed by atoms with Crippen LogP contribution in [0.15, 0.2) is 29.6 Å². The van der Waals surface area contributed by atoms with Crippen molar-refractivity contribution in [3.8, 4) is 0 Å². The fourth-order valence-electron chi connectivity index (χ4n) is 2.82. The Balaban J connectivity index is 1.85. The molecular weight excluding hydrogens is 295 g/mol. The molecule has 1 heterocycles. The van der Waals surface area contributed by atoms with Gasteiger partial charge in [-0.25, -0.2) is 4.39 Å². The second-order valence-corrected chi connectivity index (χ2v) is 6.50. The van der Waals surface area contributed by atoms with E-state index in [1.54, 1.807) is 23.5 Å². The highest BCUT2D eigenvalue weighted by Crippen LogP contribution is 2.36. The van der Waals surface area contributed by atoms with E-state index in [4.69, 9.17) is 11.6 Å². The molecule has 20 heavy (non-hydrogen) atoms. The summed E-state index contributed by atoms with van der Waals surface area (Å²) in [6.45, 7) is 0. The van der Waals surface area contributed by atoms with Crippen LogP contribution in [0.5, 0.6) is 0 Å². The molecule has 3 rings (SSSR count). The molecule has 1 aliphatic rings. The maximum Gasteiger partial charge on any atom is 0.144 e. The van der Waals surface area contributed by atoms with Crippen molar-refractivity contribution in [1.82, 2.24) is 0 Å². The van der Waals surface area contributed by atoms with Crippen LogP contribution in [0.1, 0.15) is 34.8 Å². The summed E-state index contributed by atoms with van der Waals surface area (Å²) >= 11 is 7.71. The molecule has 1 aliphatic carbocycles. The lowest BCUT2D eigenvalue weighted by Gasteiger charge is -2.21. The molecule has 0 fully saturated rings. The smallest absolute Gasteiger partial charge is 0.144 e. The van der Waals surface area contributed by atoms with E-state index in [9.17, 15) is 9.18 Å². The molecule has 1 atom stereocenters. The zero-order valence-corrected chi connectivity index (χ0v) is 12.4. The van der Waals surface area contributed by atoms with Crippen molar-refractivity contribution >= 4 is 28.7 Å². The van der Waals surface area contributed by atoms with Crippen LogP contribution >= 0.6 is 22.9 Å². The monoisotopic (exact) mass is 308 g/mol. The minimum Gasteiger partial charge on any atom is -0.299 e. The number of fused-ring (bicyclic) bond motifs is 1. The van der Waals surface area contributed by atoms with Crippen molar-refractivity contribution in [3.05, 3.63) is 56.5 Å². The Morgan fingerprint density at radius 3 is 3.05 bits per heavy atom. The highest BCUT2D eigenvalue weighted by molar-refractivity contribution is 7.10. The topological polar surface area (TPSA) is 17.1 Å². The number of ketones is 1. The van der Waals surface area contributed by atoms with Gasteiger partial charge in [0.2, 0.25) is 0 Å². The standard InChI is InChI=1S/C16H14ClFOS/c17-13-4-2-5-14(18)12(13)9-15(19)10-3-1-6-16-11(10)7-8-20-16/h2,4-5,7-8,10H,1,3,6,9H2. The lowest BCUT2D eigenvalue weighted by Crippen LogP contribution is -2.19. The molecule has 0 amide bonds. The predicted molar refractivity (Wildman–Crippen MR) is 80.1 cm³/mol. The Morgan fingerprint density at radius 2 is 2.25 bits per heavy atom. The van der Waals surface area contributed by atoms with E-state index in [0.717, 1.165) is 24.8 Å². The molecule has 0 radical (unpaired) electrons. The Kier molecular flexibility index (Phi) is 3.90. The maximum atomic E-state index is 13.8. The van der Waals surface area contributed by atoms with E-state index in [0.29, 0.717) is 10.6 Å². The van der Waals surface area contributed by atoms with Gasteiger partial charge in [-0.3, -0.25) is 4.79 Å². The first-order valence-electron chi connectivity index (χ1n) is 6.68. The van der Waals surface area contributed by atoms with E-state index < -0.39 is 5.82 Å². The number of thiophene rings is 1. The Bertz CT molecular complexity index is 629. The van der Waals surface area contributed by atoms with Gasteiger partial charge in [0.05, 0.1) is 0 Å². The fraction of sp³-hybridized carbons (Fsp3) is 0.312. The van der Waals surface area contributed by atoms with Gasteiger partial charge in [-0.1, -0.05) is 17.7 Å². The van der Waals surface area contributed by atoms with E-state index in [1.807, 2.05) is 11.4 Å². The first-order chi connectivity index (χ1) is 9.66. The molecule has 1 aromatic carbocycles. The zero-order valence-electron chi connectivity index (χ0n) is 10.9. The van der Waals surface area contributed by atoms with Crippen molar-refractivity contribution in [2.75, 3.05) is 0 Å². The van der Waals surface area contributed by atoms with Crippen molar-refractivity contribution in [1.29, 1.82) is 0 Å². The molecular formula is C16H14ClFOS. The SMILES string of the molecule is O=C(Cc1c(F)cccc1Cl)C1CCCc2sccc21. The van der Waals surface area contributed by atoms with Crippen LogP contribution in [0, 0.1) is 5.82 Å². The highest BCUT2D eigenvalue weighted by atomic mass is 35.5. The lowest BCUT2D eigenvalue weighted by molar-refractivity contribution is -0.120. The average molecular weight is 309 g/mol. The lowest BCUT2D eigenvalue weighted by atomic mass is 9.83. The van der Waals surface area contributed by atoms with Crippen LogP contribution < -0.4 is 0 Å². The molecule has 104 valence electrons. The van der Waals surface area contributed by atoms with Crippen LogP contribution in [-0.2, 0) is 17.6 Å². The Morgan fingerprint density at radius 1 is 1.40 bits per heavy atom. The number of hydrogen-bond donors (Lipinski definition) is 0. The second kappa shape index (κ2) is 5.66. The van der Waals surface area contributed by atoms with Gasteiger partial charge in [0.15, 0.2) is 0 Å². The van der Waals surface area contributed by atoms with Gasteiger partial charge in [0.25, 0.3) is 0 Å². The summed E-state index contributed by atoms with van der Waals surface area (Å²) in [6, 6.07) is 6.57. The number of halogens is 2. The number of rotatable bonds is 3. The van der Waals surface area contributed by atoms with Gasteiger partial charge in [-0.05, 0) is 48.4 Å². The van der Waals surface area contributed by atoms with Gasteiger partial charge in [0, 0.05) is 27.8 Å². The van der Waals surface area contributed by atoms with Crippen molar-refractivity contribution in [2.45, 2.75) is 31.6 Å². The molecule has 0 bridgehead atoms. The third-order valence-electron chi connectivity index (χ3n) is 3.85. The van der Waals surface area contributed by atoms with Crippen LogP contribution in [0.25, 0.3) is 0 Å². The molecule has 0 aliphatic heterocycles. The summed E-state index contributed by atoms with van der Waals surface area (Å²) < 4.78 is 13.8. The van der Waals surface area contributed by atoms with E-state index in [-0.39, 0.29) is 18.1 Å². The summed E-state index contributed by atoms with van der Waals surface area (Å²) in [5, 5.41) is 2.37. The van der Waals surface area contributed by atoms with E-state index in [2.05, 4.69) is 0 Å². The average Bonchev–Trinajstić information content (AvgIpc) is 2.91. The molecule has 0 spiro atoms. The number of benzene rings is 1. The maximum absolute atomic E-state index is 13.8. The summed E-state index contributed by atoms with van der Waals surface area (Å²) in [7, 11) is 0. The molecule has 1 nitrogen and oxygen atoms in total. The van der Waals surface area contributed by atoms with Gasteiger partial charge >= 0.3 is 0 Å². The zero-order chi connectivity index (χ0) is 14.1. The Hall–Kier alpha value is -1.19. The molecule has 1 aromatic heterocycles. The van der Waals surface area contributed by atoms with Crippen LogP contribution in [0.3, 0.4) is 0 Å². The highest BCUT2D eigenvalue weighted by Gasteiger charge is 2.28. The largest absolute Gasteiger partial charge is 0.299 e. The van der Waals surface area contributed by atoms with Gasteiger partial charge in [0.1, 0.15) is 11.6 Å². The predicted octanol–water partition coefficient (Wildman–Crippen LogP) is 4.77. The minimum atomic E-state index is -0.396. The molecule has 0 N–H and O–H groups in total. The number of hydrogen-bond acceptors (Lipinski definition) is 2. The fourth-order valence-corrected chi connectivity index (χ4v) is 4.04. The minimum absolute atomic E-state index is 0.0661. The summed E-state index contributed by atoms with van der Waals surface area (Å²) in [5.41, 5.74) is 1.46. The number of carbonyl (C=O) groups excluding carboxylic acids is 1. The first-order valence-corrected chi connectivity index (χ1v) is 7.94. The van der Waals surface area contributed by atoms with Crippen LogP contribution in [0.4, 0.5) is 4.39 Å².